The molecule has 4 bridgehead atoms. The Hall–Kier alpha value is -2.82. The summed E-state index contributed by atoms with van der Waals surface area (Å²) in [5.74, 6) is 3.72. The zero-order valence-electron chi connectivity index (χ0n) is 20.7. The van der Waals surface area contributed by atoms with Crippen LogP contribution in [0.2, 0.25) is 0 Å². The summed E-state index contributed by atoms with van der Waals surface area (Å²) in [6, 6.07) is 12.1. The third kappa shape index (κ3) is 3.79. The van der Waals surface area contributed by atoms with Crippen LogP contribution in [0.15, 0.2) is 42.6 Å². The van der Waals surface area contributed by atoms with Crippen LogP contribution in [0.1, 0.15) is 64.9 Å². The maximum atomic E-state index is 13.5. The second-order valence-electron chi connectivity index (χ2n) is 12.2. The summed E-state index contributed by atoms with van der Waals surface area (Å²) >= 11 is 0. The molecule has 0 unspecified atom stereocenters. The number of imidazole rings is 1. The van der Waals surface area contributed by atoms with E-state index in [1.807, 2.05) is 24.3 Å². The van der Waals surface area contributed by atoms with E-state index in [1.165, 1.54) is 24.8 Å². The first-order valence-corrected chi connectivity index (χ1v) is 12.8. The maximum absolute atomic E-state index is 13.5. The molecule has 0 radical (unpaired) electrons. The molecule has 5 heteroatoms. The van der Waals surface area contributed by atoms with Gasteiger partial charge in [-0.15, -0.1) is 0 Å². The second-order valence-corrected chi connectivity index (χ2v) is 12.2. The molecule has 2 aromatic heterocycles. The first kappa shape index (κ1) is 21.7. The van der Waals surface area contributed by atoms with E-state index < -0.39 is 0 Å². The molecule has 2 heterocycles. The standard InChI is InChI=1S/C29H35N3O2/c1-18-8-9-32-24(10-18)30-25(26(32)31-28(2,3)4)22-6-5-7-23(14-22)34-27(33)29-15-19-11-20(16-29)13-21(12-19)17-29/h5-10,14,19-21,31H,11-13,15-17H2,1-4H3. The number of hydrogen-bond donors (Lipinski definition) is 1. The van der Waals surface area contributed by atoms with E-state index in [4.69, 9.17) is 9.72 Å². The van der Waals surface area contributed by atoms with E-state index in [9.17, 15) is 4.79 Å². The average molecular weight is 458 g/mol. The number of carbonyl (C=O) groups excluding carboxylic acids is 1. The molecule has 1 aromatic carbocycles. The molecule has 4 aliphatic carbocycles. The lowest BCUT2D eigenvalue weighted by Crippen LogP contribution is -2.51. The normalized spacial score (nSPS) is 27.8. The molecule has 4 fully saturated rings. The zero-order chi connectivity index (χ0) is 23.7. The first-order valence-electron chi connectivity index (χ1n) is 12.8. The van der Waals surface area contributed by atoms with Crippen LogP contribution in [-0.2, 0) is 4.79 Å². The van der Waals surface area contributed by atoms with Gasteiger partial charge in [0.15, 0.2) is 0 Å². The number of fused-ring (bicyclic) bond motifs is 1. The van der Waals surface area contributed by atoms with Crippen molar-refractivity contribution >= 4 is 17.4 Å². The fourth-order valence-electron chi connectivity index (χ4n) is 7.11. The fraction of sp³-hybridized carbons (Fsp3) is 0.517. The Labute approximate surface area is 201 Å². The van der Waals surface area contributed by atoms with E-state index in [-0.39, 0.29) is 16.9 Å². The molecular formula is C29H35N3O2. The Morgan fingerprint density at radius 1 is 1.06 bits per heavy atom. The van der Waals surface area contributed by atoms with Crippen LogP contribution in [-0.4, -0.2) is 20.9 Å². The summed E-state index contributed by atoms with van der Waals surface area (Å²) in [4.78, 5) is 18.5. The van der Waals surface area contributed by atoms with Crippen molar-refractivity contribution in [2.24, 2.45) is 23.2 Å². The Balaban J connectivity index is 1.33. The minimum absolute atomic E-state index is 0.0117. The fourth-order valence-corrected chi connectivity index (χ4v) is 7.11. The van der Waals surface area contributed by atoms with Crippen LogP contribution in [0, 0.1) is 30.1 Å². The van der Waals surface area contributed by atoms with Gasteiger partial charge in [-0.25, -0.2) is 4.98 Å². The number of benzene rings is 1. The smallest absolute Gasteiger partial charge is 0.317 e. The number of hydrogen-bond acceptors (Lipinski definition) is 4. The molecule has 7 rings (SSSR count). The monoisotopic (exact) mass is 457 g/mol. The highest BCUT2D eigenvalue weighted by Crippen LogP contribution is 2.60. The molecule has 178 valence electrons. The number of carbonyl (C=O) groups is 1. The zero-order valence-corrected chi connectivity index (χ0v) is 20.7. The summed E-state index contributed by atoms with van der Waals surface area (Å²) in [7, 11) is 0. The lowest BCUT2D eigenvalue weighted by molar-refractivity contribution is -0.161. The Bertz CT molecular complexity index is 1230. The summed E-state index contributed by atoms with van der Waals surface area (Å²) in [6.45, 7) is 8.52. The van der Waals surface area contributed by atoms with Gasteiger partial charge in [-0.1, -0.05) is 12.1 Å². The topological polar surface area (TPSA) is 55.6 Å². The van der Waals surface area contributed by atoms with Crippen LogP contribution in [0.4, 0.5) is 5.82 Å². The van der Waals surface area contributed by atoms with Gasteiger partial charge in [0.2, 0.25) is 0 Å². The summed E-state index contributed by atoms with van der Waals surface area (Å²) in [6.07, 6.45) is 9.07. The largest absolute Gasteiger partial charge is 0.426 e. The third-order valence-electron chi connectivity index (χ3n) is 8.06. The van der Waals surface area contributed by atoms with Gasteiger partial charge in [-0.3, -0.25) is 9.20 Å². The quantitative estimate of drug-likeness (QED) is 0.352. The number of nitrogens with one attached hydrogen (secondary N) is 1. The third-order valence-corrected chi connectivity index (χ3v) is 8.06. The van der Waals surface area contributed by atoms with Crippen molar-refractivity contribution < 1.29 is 9.53 Å². The molecule has 0 atom stereocenters. The van der Waals surface area contributed by atoms with Crippen LogP contribution in [0.3, 0.4) is 0 Å². The van der Waals surface area contributed by atoms with Gasteiger partial charge in [0, 0.05) is 17.3 Å². The van der Waals surface area contributed by atoms with Crippen molar-refractivity contribution in [2.75, 3.05) is 5.32 Å². The van der Waals surface area contributed by atoms with Gasteiger partial charge in [0.25, 0.3) is 0 Å². The Morgan fingerprint density at radius 3 is 2.38 bits per heavy atom. The van der Waals surface area contributed by atoms with E-state index in [2.05, 4.69) is 55.7 Å². The van der Waals surface area contributed by atoms with Gasteiger partial charge in [0.1, 0.15) is 22.9 Å². The molecule has 0 aliphatic heterocycles. The van der Waals surface area contributed by atoms with E-state index in [0.29, 0.717) is 5.75 Å². The molecule has 0 amide bonds. The minimum atomic E-state index is -0.260. The molecule has 1 N–H and O–H groups in total. The minimum Gasteiger partial charge on any atom is -0.426 e. The Kier molecular flexibility index (Phi) is 4.84. The predicted octanol–water partition coefficient (Wildman–Crippen LogP) is 6.64. The summed E-state index contributed by atoms with van der Waals surface area (Å²) < 4.78 is 8.20. The molecule has 4 aliphatic rings. The van der Waals surface area contributed by atoms with E-state index in [1.54, 1.807) is 0 Å². The lowest BCUT2D eigenvalue weighted by Gasteiger charge is -2.55. The van der Waals surface area contributed by atoms with E-state index >= 15 is 0 Å². The average Bonchev–Trinajstić information content (AvgIpc) is 3.09. The van der Waals surface area contributed by atoms with Crippen molar-refractivity contribution in [1.29, 1.82) is 0 Å². The van der Waals surface area contributed by atoms with Gasteiger partial charge in [0.05, 0.1) is 5.41 Å². The molecule has 0 saturated heterocycles. The number of aromatic nitrogens is 2. The number of rotatable bonds is 4. The number of esters is 1. The Morgan fingerprint density at radius 2 is 1.74 bits per heavy atom. The van der Waals surface area contributed by atoms with Crippen LogP contribution in [0.5, 0.6) is 5.75 Å². The van der Waals surface area contributed by atoms with Crippen LogP contribution >= 0.6 is 0 Å². The van der Waals surface area contributed by atoms with Gasteiger partial charge < -0.3 is 10.1 Å². The highest BCUT2D eigenvalue weighted by molar-refractivity contribution is 5.81. The van der Waals surface area contributed by atoms with E-state index in [0.717, 1.165) is 59.7 Å². The maximum Gasteiger partial charge on any atom is 0.317 e. The molecule has 3 aromatic rings. The molecular weight excluding hydrogens is 422 g/mol. The first-order chi connectivity index (χ1) is 16.2. The number of ether oxygens (including phenoxy) is 1. The van der Waals surface area contributed by atoms with Crippen molar-refractivity contribution in [3.8, 4) is 17.0 Å². The van der Waals surface area contributed by atoms with Crippen molar-refractivity contribution in [3.63, 3.8) is 0 Å². The van der Waals surface area contributed by atoms with Gasteiger partial charge in [-0.05, 0) is 114 Å². The molecule has 0 spiro atoms. The van der Waals surface area contributed by atoms with Crippen LogP contribution < -0.4 is 10.1 Å². The van der Waals surface area contributed by atoms with Crippen molar-refractivity contribution in [3.05, 3.63) is 48.2 Å². The molecule has 34 heavy (non-hydrogen) atoms. The highest BCUT2D eigenvalue weighted by atomic mass is 16.5. The lowest BCUT2D eigenvalue weighted by atomic mass is 9.49. The molecule has 4 saturated carbocycles. The number of nitrogens with zero attached hydrogens (tertiary/aromatic N) is 2. The van der Waals surface area contributed by atoms with Crippen LogP contribution in [0.25, 0.3) is 16.9 Å². The van der Waals surface area contributed by atoms with Gasteiger partial charge in [-0.2, -0.15) is 0 Å². The van der Waals surface area contributed by atoms with Gasteiger partial charge >= 0.3 is 5.97 Å². The second kappa shape index (κ2) is 7.59. The number of aryl methyl sites for hydroxylation is 1. The summed E-state index contributed by atoms with van der Waals surface area (Å²) in [5, 5.41) is 3.63. The predicted molar refractivity (Wildman–Crippen MR) is 135 cm³/mol. The number of anilines is 1. The van der Waals surface area contributed by atoms with Crippen molar-refractivity contribution in [1.82, 2.24) is 9.38 Å². The SMILES string of the molecule is Cc1ccn2c(NC(C)(C)C)c(-c3cccc(OC(=O)C45CC6CC(CC(C6)C4)C5)c3)nc2c1. The highest BCUT2D eigenvalue weighted by Gasteiger charge is 2.55. The number of pyridine rings is 1. The van der Waals surface area contributed by atoms with Crippen molar-refractivity contribution in [2.45, 2.75) is 71.8 Å². The molecule has 5 nitrogen and oxygen atoms in total. The summed E-state index contributed by atoms with van der Waals surface area (Å²) in [5.41, 5.74) is 3.50.